The summed E-state index contributed by atoms with van der Waals surface area (Å²) in [6.07, 6.45) is 1.65. The predicted octanol–water partition coefficient (Wildman–Crippen LogP) is 1.05. The smallest absolute Gasteiger partial charge is 0.237 e. The molecule has 3 rings (SSSR count). The Bertz CT molecular complexity index is 1160. The van der Waals surface area contributed by atoms with Crippen LogP contribution in [0.15, 0.2) is 24.4 Å². The normalized spacial score (nSPS) is 14.8. The van der Waals surface area contributed by atoms with Crippen LogP contribution >= 0.6 is 0 Å². The molecule has 0 radical (unpaired) electrons. The molecule has 1 fully saturated rings. The van der Waals surface area contributed by atoms with Gasteiger partial charge >= 0.3 is 0 Å². The number of anilines is 1. The monoisotopic (exact) mass is 494 g/mol. The minimum Gasteiger partial charge on any atom is -0.487 e. The van der Waals surface area contributed by atoms with Crippen LogP contribution in [0, 0.1) is 11.3 Å². The van der Waals surface area contributed by atoms with Crippen LogP contribution in [-0.4, -0.2) is 91.4 Å². The first-order valence-corrected chi connectivity index (χ1v) is 11.5. The molecule has 1 aliphatic rings. The summed E-state index contributed by atoms with van der Waals surface area (Å²) in [5.41, 5.74) is 1.48. The van der Waals surface area contributed by atoms with E-state index in [1.807, 2.05) is 24.9 Å². The fourth-order valence-corrected chi connectivity index (χ4v) is 3.76. The van der Waals surface area contributed by atoms with Crippen molar-refractivity contribution >= 4 is 23.9 Å². The van der Waals surface area contributed by atoms with Crippen molar-refractivity contribution < 1.29 is 23.9 Å². The fourth-order valence-electron chi connectivity index (χ4n) is 3.76. The zero-order chi connectivity index (χ0) is 26.2. The number of carbonyl (C=O) groups excluding carboxylic acids is 3. The molecule has 0 bridgehead atoms. The Morgan fingerprint density at radius 3 is 2.81 bits per heavy atom. The number of hydrogen-bond acceptors (Lipinski definition) is 9. The highest BCUT2D eigenvalue weighted by Crippen LogP contribution is 2.21. The van der Waals surface area contributed by atoms with Gasteiger partial charge < -0.3 is 14.4 Å². The van der Waals surface area contributed by atoms with Crippen molar-refractivity contribution in [1.29, 1.82) is 5.26 Å². The highest BCUT2D eigenvalue weighted by Gasteiger charge is 2.23. The lowest BCUT2D eigenvalue weighted by molar-refractivity contribution is -0.136. The van der Waals surface area contributed by atoms with Crippen molar-refractivity contribution in [2.75, 3.05) is 52.3 Å². The fraction of sp³-hybridized carbons (Fsp3) is 0.440. The number of aldehydes is 1. The molecule has 3 heterocycles. The molecule has 0 unspecified atom stereocenters. The van der Waals surface area contributed by atoms with E-state index in [2.05, 4.69) is 9.97 Å². The van der Waals surface area contributed by atoms with E-state index >= 15 is 0 Å². The molecule has 1 atom stereocenters. The number of nitriles is 1. The van der Waals surface area contributed by atoms with Crippen LogP contribution < -0.4 is 9.64 Å². The Kier molecular flexibility index (Phi) is 9.05. The highest BCUT2D eigenvalue weighted by molar-refractivity contribution is 5.93. The van der Waals surface area contributed by atoms with Gasteiger partial charge in [-0.2, -0.15) is 5.26 Å². The Hall–Kier alpha value is -3.88. The van der Waals surface area contributed by atoms with E-state index in [0.717, 1.165) is 6.54 Å². The highest BCUT2D eigenvalue weighted by atomic mass is 16.5. The Balaban J connectivity index is 1.72. The van der Waals surface area contributed by atoms with E-state index in [0.29, 0.717) is 48.8 Å². The maximum absolute atomic E-state index is 13.0. The number of amides is 2. The molecule has 0 aromatic carbocycles. The molecule has 1 saturated heterocycles. The second-order valence-electron chi connectivity index (χ2n) is 8.68. The summed E-state index contributed by atoms with van der Waals surface area (Å²) in [6, 6.07) is 6.96. The van der Waals surface area contributed by atoms with Gasteiger partial charge in [0.25, 0.3) is 0 Å². The molecule has 2 amide bonds. The van der Waals surface area contributed by atoms with Gasteiger partial charge in [-0.25, -0.2) is 4.98 Å². The van der Waals surface area contributed by atoms with Crippen LogP contribution in [0.25, 0.3) is 0 Å². The van der Waals surface area contributed by atoms with Gasteiger partial charge in [-0.15, -0.1) is 0 Å². The van der Waals surface area contributed by atoms with Crippen molar-refractivity contribution in [2.24, 2.45) is 0 Å². The van der Waals surface area contributed by atoms with Gasteiger partial charge in [0.2, 0.25) is 11.8 Å². The summed E-state index contributed by atoms with van der Waals surface area (Å²) in [5, 5.41) is 9.34. The summed E-state index contributed by atoms with van der Waals surface area (Å²) in [7, 11) is 5.00. The summed E-state index contributed by atoms with van der Waals surface area (Å²) in [4.78, 5) is 50.5. The van der Waals surface area contributed by atoms with Crippen molar-refractivity contribution in [3.8, 4) is 11.8 Å². The van der Waals surface area contributed by atoms with Crippen LogP contribution in [0.3, 0.4) is 0 Å². The predicted molar refractivity (Wildman–Crippen MR) is 131 cm³/mol. The molecular weight excluding hydrogens is 464 g/mol. The number of pyridine rings is 2. The minimum atomic E-state index is -0.311. The van der Waals surface area contributed by atoms with E-state index in [9.17, 15) is 19.6 Å². The lowest BCUT2D eigenvalue weighted by atomic mass is 10.1. The van der Waals surface area contributed by atoms with Crippen LogP contribution in [0.1, 0.15) is 34.2 Å². The number of carbonyl (C=O) groups is 3. The Labute approximate surface area is 210 Å². The maximum Gasteiger partial charge on any atom is 0.237 e. The van der Waals surface area contributed by atoms with Gasteiger partial charge in [0.05, 0.1) is 25.3 Å². The van der Waals surface area contributed by atoms with Crippen LogP contribution in [0.5, 0.6) is 5.75 Å². The molecule has 2 aromatic heterocycles. The summed E-state index contributed by atoms with van der Waals surface area (Å²) in [5.74, 6) is 0.308. The molecule has 11 heteroatoms. The lowest BCUT2D eigenvalue weighted by Crippen LogP contribution is -2.48. The van der Waals surface area contributed by atoms with Crippen LogP contribution in [0.4, 0.5) is 5.82 Å². The van der Waals surface area contributed by atoms with Crippen LogP contribution in [-0.2, 0) is 27.3 Å². The summed E-state index contributed by atoms with van der Waals surface area (Å²) >= 11 is 0. The zero-order valence-electron chi connectivity index (χ0n) is 20.9. The lowest BCUT2D eigenvalue weighted by Gasteiger charge is -2.32. The topological polar surface area (TPSA) is 129 Å². The van der Waals surface area contributed by atoms with Crippen molar-refractivity contribution in [1.82, 2.24) is 19.8 Å². The molecule has 0 saturated carbocycles. The SMILES string of the molecule is COC[C@H](C)Oc1cc(CC(=O)N(C)c2ccc(CN3CCN(C)CC3=O)c(C=O)n2)ncc1C#N. The van der Waals surface area contributed by atoms with Crippen molar-refractivity contribution in [3.05, 3.63) is 46.9 Å². The molecule has 36 heavy (non-hydrogen) atoms. The van der Waals surface area contributed by atoms with E-state index < -0.39 is 0 Å². The first-order chi connectivity index (χ1) is 17.2. The standard InChI is InChI=1S/C25H30N6O5/c1-17(16-35-4)36-22-9-20(27-12-19(22)11-26)10-24(33)30(3)23-6-5-18(21(15-32)28-23)13-31-8-7-29(2)14-25(31)34/h5-6,9,12,15,17H,7-8,10,13-14,16H2,1-4H3/t17-/m0/s1. The molecular formula is C25H30N6O5. The third kappa shape index (κ3) is 6.62. The number of hydrogen-bond donors (Lipinski definition) is 0. The molecule has 190 valence electrons. The van der Waals surface area contributed by atoms with E-state index in [-0.39, 0.29) is 42.1 Å². The van der Waals surface area contributed by atoms with Gasteiger partial charge in [-0.1, -0.05) is 6.07 Å². The number of nitrogens with zero attached hydrogens (tertiary/aromatic N) is 6. The molecule has 0 spiro atoms. The van der Waals surface area contributed by atoms with Gasteiger partial charge in [-0.3, -0.25) is 29.2 Å². The number of aromatic nitrogens is 2. The summed E-state index contributed by atoms with van der Waals surface area (Å²) < 4.78 is 10.8. The quantitative estimate of drug-likeness (QED) is 0.445. The largest absolute Gasteiger partial charge is 0.487 e. The van der Waals surface area contributed by atoms with Gasteiger partial charge in [-0.05, 0) is 20.0 Å². The average molecular weight is 495 g/mol. The number of likely N-dealkylation sites (N-methyl/N-ethyl adjacent to an activating group) is 2. The molecule has 2 aromatic rings. The second-order valence-corrected chi connectivity index (χ2v) is 8.68. The first-order valence-electron chi connectivity index (χ1n) is 11.5. The Morgan fingerprint density at radius 2 is 2.14 bits per heavy atom. The van der Waals surface area contributed by atoms with E-state index in [4.69, 9.17) is 9.47 Å². The number of ether oxygens (including phenoxy) is 2. The third-order valence-corrected chi connectivity index (χ3v) is 5.80. The van der Waals surface area contributed by atoms with Crippen LogP contribution in [0.2, 0.25) is 0 Å². The van der Waals surface area contributed by atoms with Gasteiger partial charge in [0.15, 0.2) is 6.29 Å². The van der Waals surface area contributed by atoms with Gasteiger partial charge in [0, 0.05) is 51.6 Å². The van der Waals surface area contributed by atoms with Gasteiger partial charge in [0.1, 0.15) is 35.0 Å². The summed E-state index contributed by atoms with van der Waals surface area (Å²) in [6.45, 7) is 4.09. The molecule has 1 aliphatic heterocycles. The third-order valence-electron chi connectivity index (χ3n) is 5.80. The molecule has 0 aliphatic carbocycles. The van der Waals surface area contributed by atoms with Crippen molar-refractivity contribution in [2.45, 2.75) is 26.0 Å². The number of methoxy groups -OCH3 is 1. The van der Waals surface area contributed by atoms with E-state index in [1.165, 1.54) is 11.1 Å². The minimum absolute atomic E-state index is 0.00755. The number of piperazine rings is 1. The average Bonchev–Trinajstić information content (AvgIpc) is 2.85. The maximum atomic E-state index is 13.0. The molecule has 0 N–H and O–H groups in total. The molecule has 11 nitrogen and oxygen atoms in total. The zero-order valence-corrected chi connectivity index (χ0v) is 20.9. The second kappa shape index (κ2) is 12.2. The number of rotatable bonds is 10. The first kappa shape index (κ1) is 26.7. The Morgan fingerprint density at radius 1 is 1.36 bits per heavy atom. The van der Waals surface area contributed by atoms with E-state index in [1.54, 1.807) is 37.3 Å². The van der Waals surface area contributed by atoms with Crippen molar-refractivity contribution in [3.63, 3.8) is 0 Å².